The first-order valence-electron chi connectivity index (χ1n) is 7.32. The molecule has 1 aromatic carbocycles. The largest absolute Gasteiger partial charge is 0.371 e. The predicted octanol–water partition coefficient (Wildman–Crippen LogP) is 4.32. The topological polar surface area (TPSA) is 15.3 Å². The highest BCUT2D eigenvalue weighted by Crippen LogP contribution is 2.25. The molecule has 0 saturated heterocycles. The third-order valence-electron chi connectivity index (χ3n) is 3.09. The second-order valence-corrected chi connectivity index (χ2v) is 5.82. The van der Waals surface area contributed by atoms with Crippen molar-refractivity contribution < 1.29 is 0 Å². The van der Waals surface area contributed by atoms with Crippen LogP contribution in [0, 0.1) is 5.92 Å². The molecule has 0 aliphatic carbocycles. The summed E-state index contributed by atoms with van der Waals surface area (Å²) in [6, 6.07) is 6.23. The zero-order valence-corrected chi connectivity index (χ0v) is 13.4. The summed E-state index contributed by atoms with van der Waals surface area (Å²) in [7, 11) is 0. The van der Waals surface area contributed by atoms with Gasteiger partial charge in [-0.3, -0.25) is 0 Å². The van der Waals surface area contributed by atoms with Gasteiger partial charge >= 0.3 is 0 Å². The van der Waals surface area contributed by atoms with E-state index in [0.29, 0.717) is 5.92 Å². The molecule has 0 amide bonds. The van der Waals surface area contributed by atoms with Crippen molar-refractivity contribution in [1.82, 2.24) is 5.32 Å². The van der Waals surface area contributed by atoms with Crippen LogP contribution in [0.4, 0.5) is 5.69 Å². The number of nitrogens with zero attached hydrogens (tertiary/aromatic N) is 1. The highest BCUT2D eigenvalue weighted by molar-refractivity contribution is 6.30. The summed E-state index contributed by atoms with van der Waals surface area (Å²) >= 11 is 6.14. The molecule has 0 radical (unpaired) electrons. The number of rotatable bonds is 8. The first-order valence-corrected chi connectivity index (χ1v) is 7.70. The van der Waals surface area contributed by atoms with Gasteiger partial charge in [0.1, 0.15) is 0 Å². The summed E-state index contributed by atoms with van der Waals surface area (Å²) in [4.78, 5) is 2.43. The standard InChI is InChI=1S/C16H27ClN2/c1-5-9-18-11-14-10-15(17)7-8-16(14)19(6-2)12-13(3)4/h7-8,10,13,18H,5-6,9,11-12H2,1-4H3. The van der Waals surface area contributed by atoms with E-state index in [0.717, 1.165) is 37.6 Å². The lowest BCUT2D eigenvalue weighted by Crippen LogP contribution is -2.29. The van der Waals surface area contributed by atoms with Crippen LogP contribution < -0.4 is 10.2 Å². The molecular formula is C16H27ClN2. The Morgan fingerprint density at radius 3 is 2.58 bits per heavy atom. The molecule has 0 spiro atoms. The van der Waals surface area contributed by atoms with Crippen LogP contribution in [0.2, 0.25) is 5.02 Å². The molecule has 2 nitrogen and oxygen atoms in total. The van der Waals surface area contributed by atoms with Gasteiger partial charge in [-0.2, -0.15) is 0 Å². The fraction of sp³-hybridized carbons (Fsp3) is 0.625. The lowest BCUT2D eigenvalue weighted by atomic mass is 10.1. The van der Waals surface area contributed by atoms with Gasteiger partial charge in [-0.15, -0.1) is 0 Å². The first-order chi connectivity index (χ1) is 9.08. The Labute approximate surface area is 123 Å². The van der Waals surface area contributed by atoms with Crippen molar-refractivity contribution >= 4 is 17.3 Å². The fourth-order valence-electron chi connectivity index (χ4n) is 2.24. The van der Waals surface area contributed by atoms with Crippen LogP contribution in [0.25, 0.3) is 0 Å². The van der Waals surface area contributed by atoms with E-state index in [-0.39, 0.29) is 0 Å². The van der Waals surface area contributed by atoms with Gasteiger partial charge in [0.05, 0.1) is 0 Å². The Balaban J connectivity index is 2.89. The summed E-state index contributed by atoms with van der Waals surface area (Å²) in [6.07, 6.45) is 1.15. The first kappa shape index (κ1) is 16.3. The lowest BCUT2D eigenvalue weighted by Gasteiger charge is -2.28. The fourth-order valence-corrected chi connectivity index (χ4v) is 2.44. The molecule has 1 aromatic rings. The minimum atomic E-state index is 0.659. The molecule has 3 heteroatoms. The Morgan fingerprint density at radius 2 is 2.00 bits per heavy atom. The quantitative estimate of drug-likeness (QED) is 0.714. The number of hydrogen-bond acceptors (Lipinski definition) is 2. The van der Waals surface area contributed by atoms with Gasteiger partial charge in [-0.05, 0) is 49.6 Å². The Bertz CT molecular complexity index is 377. The molecular weight excluding hydrogens is 256 g/mol. The van der Waals surface area contributed by atoms with Gasteiger partial charge in [0.2, 0.25) is 0 Å². The molecule has 0 saturated carbocycles. The smallest absolute Gasteiger partial charge is 0.0412 e. The van der Waals surface area contributed by atoms with Crippen LogP contribution in [0.5, 0.6) is 0 Å². The molecule has 0 aliphatic heterocycles. The molecule has 0 atom stereocenters. The van der Waals surface area contributed by atoms with Crippen molar-refractivity contribution in [3.63, 3.8) is 0 Å². The highest BCUT2D eigenvalue weighted by atomic mass is 35.5. The van der Waals surface area contributed by atoms with Gasteiger partial charge < -0.3 is 10.2 Å². The number of anilines is 1. The number of nitrogens with one attached hydrogen (secondary N) is 1. The summed E-state index contributed by atoms with van der Waals surface area (Å²) in [5, 5.41) is 4.28. The third-order valence-corrected chi connectivity index (χ3v) is 3.33. The number of benzene rings is 1. The zero-order chi connectivity index (χ0) is 14.3. The van der Waals surface area contributed by atoms with E-state index in [1.807, 2.05) is 6.07 Å². The lowest BCUT2D eigenvalue weighted by molar-refractivity contribution is 0.613. The molecule has 19 heavy (non-hydrogen) atoms. The van der Waals surface area contributed by atoms with E-state index < -0.39 is 0 Å². The van der Waals surface area contributed by atoms with Gasteiger partial charge in [-0.1, -0.05) is 32.4 Å². The molecule has 0 aromatic heterocycles. The monoisotopic (exact) mass is 282 g/mol. The Hall–Kier alpha value is -0.730. The van der Waals surface area contributed by atoms with Crippen LogP contribution in [0.1, 0.15) is 39.7 Å². The van der Waals surface area contributed by atoms with Crippen molar-refractivity contribution in [2.75, 3.05) is 24.5 Å². The molecule has 0 heterocycles. The number of hydrogen-bond donors (Lipinski definition) is 1. The second-order valence-electron chi connectivity index (χ2n) is 5.38. The molecule has 0 fully saturated rings. The van der Waals surface area contributed by atoms with E-state index in [9.17, 15) is 0 Å². The normalized spacial score (nSPS) is 11.1. The van der Waals surface area contributed by atoms with Crippen molar-refractivity contribution in [2.45, 2.75) is 40.7 Å². The van der Waals surface area contributed by atoms with E-state index in [4.69, 9.17) is 11.6 Å². The highest BCUT2D eigenvalue weighted by Gasteiger charge is 2.11. The van der Waals surface area contributed by atoms with Crippen LogP contribution in [0.15, 0.2) is 18.2 Å². The maximum atomic E-state index is 6.14. The van der Waals surface area contributed by atoms with E-state index >= 15 is 0 Å². The average molecular weight is 283 g/mol. The van der Waals surface area contributed by atoms with Crippen LogP contribution >= 0.6 is 11.6 Å². The average Bonchev–Trinajstić information content (AvgIpc) is 2.37. The number of halogens is 1. The zero-order valence-electron chi connectivity index (χ0n) is 12.7. The van der Waals surface area contributed by atoms with Crippen molar-refractivity contribution in [3.05, 3.63) is 28.8 Å². The maximum absolute atomic E-state index is 6.14. The minimum absolute atomic E-state index is 0.659. The minimum Gasteiger partial charge on any atom is -0.371 e. The Kier molecular flexibility index (Phi) is 7.25. The van der Waals surface area contributed by atoms with Gasteiger partial charge in [0.15, 0.2) is 0 Å². The molecule has 0 bridgehead atoms. The maximum Gasteiger partial charge on any atom is 0.0412 e. The van der Waals surface area contributed by atoms with Gasteiger partial charge in [-0.25, -0.2) is 0 Å². The van der Waals surface area contributed by atoms with Crippen molar-refractivity contribution in [3.8, 4) is 0 Å². The van der Waals surface area contributed by atoms with Crippen LogP contribution in [-0.4, -0.2) is 19.6 Å². The van der Waals surface area contributed by atoms with Gasteiger partial charge in [0.25, 0.3) is 0 Å². The molecule has 1 rings (SSSR count). The summed E-state index contributed by atoms with van der Waals surface area (Å²) in [6.45, 7) is 12.9. The predicted molar refractivity (Wildman–Crippen MR) is 86.2 cm³/mol. The van der Waals surface area contributed by atoms with E-state index in [2.05, 4.69) is 50.0 Å². The third kappa shape index (κ3) is 5.42. The summed E-state index contributed by atoms with van der Waals surface area (Å²) in [5.41, 5.74) is 2.60. The molecule has 108 valence electrons. The SMILES string of the molecule is CCCNCc1cc(Cl)ccc1N(CC)CC(C)C. The van der Waals surface area contributed by atoms with Crippen LogP contribution in [0.3, 0.4) is 0 Å². The van der Waals surface area contributed by atoms with E-state index in [1.54, 1.807) is 0 Å². The molecule has 0 unspecified atom stereocenters. The summed E-state index contributed by atoms with van der Waals surface area (Å²) < 4.78 is 0. The second kappa shape index (κ2) is 8.44. The van der Waals surface area contributed by atoms with Crippen molar-refractivity contribution in [1.29, 1.82) is 0 Å². The Morgan fingerprint density at radius 1 is 1.26 bits per heavy atom. The molecule has 1 N–H and O–H groups in total. The summed E-state index contributed by atoms with van der Waals surface area (Å²) in [5.74, 6) is 0.659. The van der Waals surface area contributed by atoms with Crippen molar-refractivity contribution in [2.24, 2.45) is 5.92 Å². The van der Waals surface area contributed by atoms with Gasteiger partial charge in [0, 0.05) is 30.3 Å². The van der Waals surface area contributed by atoms with Crippen LogP contribution in [-0.2, 0) is 6.54 Å². The molecule has 0 aliphatic rings. The van der Waals surface area contributed by atoms with E-state index in [1.165, 1.54) is 11.3 Å².